The first-order chi connectivity index (χ1) is 6.86. The fourth-order valence-corrected chi connectivity index (χ4v) is 1.92. The Balaban J connectivity index is 2.63. The van der Waals surface area contributed by atoms with Crippen LogP contribution in [0.25, 0.3) is 6.08 Å². The summed E-state index contributed by atoms with van der Waals surface area (Å²) in [5, 5.41) is 0. The lowest BCUT2D eigenvalue weighted by Crippen LogP contribution is -1.94. The van der Waals surface area contributed by atoms with E-state index in [2.05, 4.69) is 43.3 Å². The molecule has 14 heavy (non-hydrogen) atoms. The molecule has 0 radical (unpaired) electrons. The summed E-state index contributed by atoms with van der Waals surface area (Å²) >= 11 is 1.87. The van der Waals surface area contributed by atoms with Gasteiger partial charge in [-0.15, -0.1) is 11.8 Å². The number of rotatable bonds is 5. The molecule has 2 N–H and O–H groups in total. The third-order valence-corrected chi connectivity index (χ3v) is 2.69. The predicted octanol–water partition coefficient (Wildman–Crippen LogP) is 3.16. The van der Waals surface area contributed by atoms with Crippen LogP contribution in [0.15, 0.2) is 35.2 Å². The van der Waals surface area contributed by atoms with E-state index in [1.807, 2.05) is 11.8 Å². The van der Waals surface area contributed by atoms with Crippen LogP contribution >= 0.6 is 11.8 Å². The van der Waals surface area contributed by atoms with Crippen LogP contribution in [0.2, 0.25) is 0 Å². The molecule has 0 fully saturated rings. The van der Waals surface area contributed by atoms with E-state index in [1.54, 1.807) is 0 Å². The number of benzene rings is 1. The quantitative estimate of drug-likeness (QED) is 0.751. The lowest BCUT2D eigenvalue weighted by molar-refractivity contribution is 1.01. The molecule has 1 nitrogen and oxygen atoms in total. The Hall–Kier alpha value is -0.730. The second-order valence-corrected chi connectivity index (χ2v) is 4.32. The topological polar surface area (TPSA) is 26.0 Å². The SMILES string of the molecule is CCSc1cccc(C=CCCN)c1. The number of hydrogen-bond donors (Lipinski definition) is 1. The fraction of sp³-hybridized carbons (Fsp3) is 0.333. The van der Waals surface area contributed by atoms with Gasteiger partial charge in [0.05, 0.1) is 0 Å². The maximum Gasteiger partial charge on any atom is 0.00777 e. The van der Waals surface area contributed by atoms with Crippen molar-refractivity contribution in [3.8, 4) is 0 Å². The van der Waals surface area contributed by atoms with Gasteiger partial charge in [0.1, 0.15) is 0 Å². The minimum atomic E-state index is 0.722. The fourth-order valence-electron chi connectivity index (χ4n) is 1.19. The summed E-state index contributed by atoms with van der Waals surface area (Å²) in [5.41, 5.74) is 6.68. The van der Waals surface area contributed by atoms with Crippen LogP contribution in [0.3, 0.4) is 0 Å². The molecule has 0 atom stereocenters. The second kappa shape index (κ2) is 6.68. The van der Waals surface area contributed by atoms with Crippen molar-refractivity contribution in [2.45, 2.75) is 18.2 Å². The van der Waals surface area contributed by atoms with Crippen LogP contribution in [0, 0.1) is 0 Å². The molecule has 0 saturated heterocycles. The standard InChI is InChI=1S/C12H17NS/c1-2-14-12-8-5-7-11(10-12)6-3-4-9-13/h3,5-8,10H,2,4,9,13H2,1H3. The van der Waals surface area contributed by atoms with Gasteiger partial charge in [-0.2, -0.15) is 0 Å². The van der Waals surface area contributed by atoms with Gasteiger partial charge in [-0.25, -0.2) is 0 Å². The molecule has 0 aromatic heterocycles. The molecule has 76 valence electrons. The van der Waals surface area contributed by atoms with E-state index in [0.29, 0.717) is 0 Å². The normalized spacial score (nSPS) is 11.0. The van der Waals surface area contributed by atoms with Gasteiger partial charge in [0.15, 0.2) is 0 Å². The molecular formula is C12H17NS. The maximum absolute atomic E-state index is 5.41. The molecule has 0 aliphatic heterocycles. The van der Waals surface area contributed by atoms with Gasteiger partial charge in [-0.1, -0.05) is 31.2 Å². The average Bonchev–Trinajstić information content (AvgIpc) is 2.19. The van der Waals surface area contributed by atoms with Gasteiger partial charge in [0, 0.05) is 4.90 Å². The molecule has 1 aromatic carbocycles. The van der Waals surface area contributed by atoms with Crippen LogP contribution in [-0.2, 0) is 0 Å². The van der Waals surface area contributed by atoms with E-state index < -0.39 is 0 Å². The summed E-state index contributed by atoms with van der Waals surface area (Å²) in [4.78, 5) is 1.34. The molecule has 0 spiro atoms. The van der Waals surface area contributed by atoms with Crippen molar-refractivity contribution in [3.05, 3.63) is 35.9 Å². The average molecular weight is 207 g/mol. The number of hydrogen-bond acceptors (Lipinski definition) is 2. The number of nitrogens with two attached hydrogens (primary N) is 1. The Morgan fingerprint density at radius 2 is 2.29 bits per heavy atom. The van der Waals surface area contributed by atoms with Crippen LogP contribution in [0.4, 0.5) is 0 Å². The van der Waals surface area contributed by atoms with Gasteiger partial charge in [-0.3, -0.25) is 0 Å². The maximum atomic E-state index is 5.41. The third-order valence-electron chi connectivity index (χ3n) is 1.81. The zero-order valence-electron chi connectivity index (χ0n) is 8.57. The van der Waals surface area contributed by atoms with Crippen LogP contribution in [0.5, 0.6) is 0 Å². The Morgan fingerprint density at radius 3 is 3.00 bits per heavy atom. The second-order valence-electron chi connectivity index (χ2n) is 2.99. The Kier molecular flexibility index (Phi) is 5.42. The molecule has 0 saturated carbocycles. The molecule has 0 bridgehead atoms. The van der Waals surface area contributed by atoms with Crippen LogP contribution in [0.1, 0.15) is 18.9 Å². The minimum absolute atomic E-state index is 0.722. The van der Waals surface area contributed by atoms with E-state index >= 15 is 0 Å². The van der Waals surface area contributed by atoms with Crippen molar-refractivity contribution in [2.75, 3.05) is 12.3 Å². The molecule has 0 aliphatic rings. The molecule has 2 heteroatoms. The first kappa shape index (κ1) is 11.3. The molecule has 1 rings (SSSR count). The summed E-state index contributed by atoms with van der Waals surface area (Å²) in [6.07, 6.45) is 5.20. The van der Waals surface area contributed by atoms with Crippen LogP contribution in [-0.4, -0.2) is 12.3 Å². The third kappa shape index (κ3) is 3.99. The van der Waals surface area contributed by atoms with Crippen molar-refractivity contribution < 1.29 is 0 Å². The molecule has 0 unspecified atom stereocenters. The Morgan fingerprint density at radius 1 is 1.43 bits per heavy atom. The van der Waals surface area contributed by atoms with E-state index in [1.165, 1.54) is 10.5 Å². The van der Waals surface area contributed by atoms with Gasteiger partial charge < -0.3 is 5.73 Å². The highest BCUT2D eigenvalue weighted by Gasteiger charge is 1.91. The smallest absolute Gasteiger partial charge is 0.00777 e. The van der Waals surface area contributed by atoms with Crippen molar-refractivity contribution >= 4 is 17.8 Å². The summed E-state index contributed by atoms with van der Waals surface area (Å²) in [7, 11) is 0. The van der Waals surface area contributed by atoms with Crippen molar-refractivity contribution in [1.29, 1.82) is 0 Å². The first-order valence-electron chi connectivity index (χ1n) is 4.96. The van der Waals surface area contributed by atoms with Crippen molar-refractivity contribution in [3.63, 3.8) is 0 Å². The summed E-state index contributed by atoms with van der Waals surface area (Å²) in [5.74, 6) is 1.12. The summed E-state index contributed by atoms with van der Waals surface area (Å²) in [6.45, 7) is 2.89. The minimum Gasteiger partial charge on any atom is -0.330 e. The summed E-state index contributed by atoms with van der Waals surface area (Å²) < 4.78 is 0. The molecule has 0 heterocycles. The largest absolute Gasteiger partial charge is 0.330 e. The molecular weight excluding hydrogens is 190 g/mol. The van der Waals surface area contributed by atoms with Gasteiger partial charge in [0.2, 0.25) is 0 Å². The lowest BCUT2D eigenvalue weighted by Gasteiger charge is -1.99. The first-order valence-corrected chi connectivity index (χ1v) is 5.95. The lowest BCUT2D eigenvalue weighted by atomic mass is 10.2. The zero-order chi connectivity index (χ0) is 10.2. The van der Waals surface area contributed by atoms with E-state index in [0.717, 1.165) is 18.7 Å². The molecule has 1 aromatic rings. The predicted molar refractivity (Wildman–Crippen MR) is 65.5 cm³/mol. The van der Waals surface area contributed by atoms with Gasteiger partial charge in [-0.05, 0) is 36.4 Å². The van der Waals surface area contributed by atoms with Crippen molar-refractivity contribution in [2.24, 2.45) is 5.73 Å². The highest BCUT2D eigenvalue weighted by atomic mass is 32.2. The number of thioether (sulfide) groups is 1. The Labute approximate surface area is 90.4 Å². The highest BCUT2D eigenvalue weighted by molar-refractivity contribution is 7.99. The van der Waals surface area contributed by atoms with E-state index in [4.69, 9.17) is 5.73 Å². The van der Waals surface area contributed by atoms with E-state index in [9.17, 15) is 0 Å². The van der Waals surface area contributed by atoms with Gasteiger partial charge in [0.25, 0.3) is 0 Å². The van der Waals surface area contributed by atoms with E-state index in [-0.39, 0.29) is 0 Å². The summed E-state index contributed by atoms with van der Waals surface area (Å²) in [6, 6.07) is 8.57. The monoisotopic (exact) mass is 207 g/mol. The molecule has 0 amide bonds. The van der Waals surface area contributed by atoms with Crippen molar-refractivity contribution in [1.82, 2.24) is 0 Å². The van der Waals surface area contributed by atoms with Gasteiger partial charge >= 0.3 is 0 Å². The Bertz CT molecular complexity index is 294. The zero-order valence-corrected chi connectivity index (χ0v) is 9.39. The van der Waals surface area contributed by atoms with Crippen LogP contribution < -0.4 is 5.73 Å². The molecule has 0 aliphatic carbocycles. The highest BCUT2D eigenvalue weighted by Crippen LogP contribution is 2.19.